The van der Waals surface area contributed by atoms with Crippen molar-refractivity contribution in [1.82, 2.24) is 5.32 Å². The molecular weight excluding hydrogens is 200 g/mol. The Balaban J connectivity index is 2.48. The molecule has 16 heavy (non-hydrogen) atoms. The van der Waals surface area contributed by atoms with Crippen molar-refractivity contribution in [3.05, 3.63) is 0 Å². The molecule has 0 unspecified atom stereocenters. The summed E-state index contributed by atoms with van der Waals surface area (Å²) in [6.45, 7) is 7.06. The van der Waals surface area contributed by atoms with Crippen LogP contribution in [-0.4, -0.2) is 18.5 Å². The van der Waals surface area contributed by atoms with Gasteiger partial charge in [-0.1, -0.05) is 26.7 Å². The highest BCUT2D eigenvalue weighted by molar-refractivity contribution is 5.80. The molecule has 94 valence electrons. The van der Waals surface area contributed by atoms with Crippen LogP contribution in [0.3, 0.4) is 0 Å². The zero-order valence-electron chi connectivity index (χ0n) is 10.9. The molecule has 1 fully saturated rings. The average molecular weight is 226 g/mol. The van der Waals surface area contributed by atoms with E-state index in [1.807, 2.05) is 0 Å². The zero-order chi connectivity index (χ0) is 12.2. The van der Waals surface area contributed by atoms with Crippen LogP contribution in [0.5, 0.6) is 0 Å². The van der Waals surface area contributed by atoms with Crippen LogP contribution in [0.2, 0.25) is 0 Å². The summed E-state index contributed by atoms with van der Waals surface area (Å²) < 4.78 is 0. The van der Waals surface area contributed by atoms with Crippen LogP contribution >= 0.6 is 0 Å². The number of carbonyl (C=O) groups excluding carboxylic acids is 1. The highest BCUT2D eigenvalue weighted by Gasteiger charge is 2.34. The minimum absolute atomic E-state index is 0.0185. The van der Waals surface area contributed by atoms with Gasteiger partial charge >= 0.3 is 0 Å². The van der Waals surface area contributed by atoms with E-state index in [1.54, 1.807) is 6.92 Å². The van der Waals surface area contributed by atoms with Gasteiger partial charge < -0.3 is 11.1 Å². The van der Waals surface area contributed by atoms with Crippen LogP contribution in [-0.2, 0) is 4.79 Å². The van der Waals surface area contributed by atoms with Gasteiger partial charge in [-0.3, -0.25) is 4.79 Å². The van der Waals surface area contributed by atoms with Gasteiger partial charge in [0.15, 0.2) is 0 Å². The first-order valence-electron chi connectivity index (χ1n) is 6.48. The SMILES string of the molecule is CC(C)CC1(CNC(=O)[C@@H](C)N)CCCC1. The van der Waals surface area contributed by atoms with Crippen LogP contribution in [0.25, 0.3) is 0 Å². The largest absolute Gasteiger partial charge is 0.354 e. The normalized spacial score (nSPS) is 21.1. The maximum Gasteiger partial charge on any atom is 0.236 e. The lowest BCUT2D eigenvalue weighted by Crippen LogP contribution is -2.43. The third-order valence-electron chi connectivity index (χ3n) is 3.56. The van der Waals surface area contributed by atoms with Gasteiger partial charge in [-0.25, -0.2) is 0 Å². The van der Waals surface area contributed by atoms with Crippen molar-refractivity contribution in [3.8, 4) is 0 Å². The highest BCUT2D eigenvalue weighted by Crippen LogP contribution is 2.42. The van der Waals surface area contributed by atoms with Gasteiger partial charge in [-0.2, -0.15) is 0 Å². The van der Waals surface area contributed by atoms with E-state index in [0.717, 1.165) is 6.54 Å². The summed E-state index contributed by atoms with van der Waals surface area (Å²) in [6, 6.07) is -0.391. The summed E-state index contributed by atoms with van der Waals surface area (Å²) in [7, 11) is 0. The summed E-state index contributed by atoms with van der Waals surface area (Å²) in [5.74, 6) is 0.681. The molecule has 0 aromatic carbocycles. The monoisotopic (exact) mass is 226 g/mol. The Hall–Kier alpha value is -0.570. The van der Waals surface area contributed by atoms with E-state index in [0.29, 0.717) is 11.3 Å². The maximum atomic E-state index is 11.5. The van der Waals surface area contributed by atoms with Crippen molar-refractivity contribution in [2.24, 2.45) is 17.1 Å². The van der Waals surface area contributed by atoms with Crippen LogP contribution in [0.1, 0.15) is 52.9 Å². The van der Waals surface area contributed by atoms with Crippen molar-refractivity contribution in [3.63, 3.8) is 0 Å². The Morgan fingerprint density at radius 2 is 1.88 bits per heavy atom. The molecule has 3 nitrogen and oxygen atoms in total. The second kappa shape index (κ2) is 5.67. The first kappa shape index (κ1) is 13.5. The quantitative estimate of drug-likeness (QED) is 0.754. The fourth-order valence-corrected chi connectivity index (χ4v) is 2.88. The molecule has 3 N–H and O–H groups in total. The van der Waals surface area contributed by atoms with E-state index in [9.17, 15) is 4.79 Å². The molecule has 1 atom stereocenters. The van der Waals surface area contributed by atoms with Crippen molar-refractivity contribution >= 4 is 5.91 Å². The topological polar surface area (TPSA) is 55.1 Å². The van der Waals surface area contributed by atoms with Gasteiger partial charge in [0.1, 0.15) is 0 Å². The number of hydrogen-bond donors (Lipinski definition) is 2. The average Bonchev–Trinajstić information content (AvgIpc) is 2.62. The smallest absolute Gasteiger partial charge is 0.236 e. The maximum absolute atomic E-state index is 11.5. The predicted octanol–water partition coefficient (Wildman–Crippen LogP) is 2.06. The Kier molecular flexibility index (Phi) is 4.78. The molecule has 0 heterocycles. The van der Waals surface area contributed by atoms with Crippen molar-refractivity contribution in [2.45, 2.75) is 58.9 Å². The number of rotatable bonds is 5. The Morgan fingerprint density at radius 1 is 1.31 bits per heavy atom. The molecule has 0 radical (unpaired) electrons. The lowest BCUT2D eigenvalue weighted by atomic mass is 9.78. The van der Waals surface area contributed by atoms with Crippen molar-refractivity contribution < 1.29 is 4.79 Å². The van der Waals surface area contributed by atoms with Crippen molar-refractivity contribution in [2.75, 3.05) is 6.54 Å². The third-order valence-corrected chi connectivity index (χ3v) is 3.56. The number of hydrogen-bond acceptors (Lipinski definition) is 2. The number of carbonyl (C=O) groups is 1. The van der Waals surface area contributed by atoms with Gasteiger partial charge in [-0.05, 0) is 37.5 Å². The molecule has 1 saturated carbocycles. The molecular formula is C13H26N2O. The van der Waals surface area contributed by atoms with Crippen molar-refractivity contribution in [1.29, 1.82) is 0 Å². The molecule has 1 amide bonds. The molecule has 1 aliphatic rings. The van der Waals surface area contributed by atoms with Gasteiger partial charge in [0.05, 0.1) is 6.04 Å². The van der Waals surface area contributed by atoms with E-state index < -0.39 is 6.04 Å². The molecule has 0 aliphatic heterocycles. The molecule has 0 spiro atoms. The van der Waals surface area contributed by atoms with E-state index in [1.165, 1.54) is 32.1 Å². The summed E-state index contributed by atoms with van der Waals surface area (Å²) in [5.41, 5.74) is 5.90. The van der Waals surface area contributed by atoms with Crippen LogP contribution in [0.4, 0.5) is 0 Å². The first-order chi connectivity index (χ1) is 7.45. The molecule has 3 heteroatoms. The lowest BCUT2D eigenvalue weighted by Gasteiger charge is -2.31. The van der Waals surface area contributed by atoms with E-state index in [2.05, 4.69) is 19.2 Å². The Morgan fingerprint density at radius 3 is 2.31 bits per heavy atom. The lowest BCUT2D eigenvalue weighted by molar-refractivity contribution is -0.122. The molecule has 0 bridgehead atoms. The standard InChI is InChI=1S/C13H26N2O/c1-10(2)8-13(6-4-5-7-13)9-15-12(16)11(3)14/h10-11H,4-9,14H2,1-3H3,(H,15,16)/t11-/m1/s1. The first-order valence-corrected chi connectivity index (χ1v) is 6.48. The summed E-state index contributed by atoms with van der Waals surface area (Å²) >= 11 is 0. The second-order valence-electron chi connectivity index (χ2n) is 5.81. The van der Waals surface area contributed by atoms with Crippen LogP contribution in [0.15, 0.2) is 0 Å². The molecule has 0 aromatic heterocycles. The minimum Gasteiger partial charge on any atom is -0.354 e. The van der Waals surface area contributed by atoms with Crippen LogP contribution in [0, 0.1) is 11.3 Å². The molecule has 0 aromatic rings. The van der Waals surface area contributed by atoms with Gasteiger partial charge in [0.25, 0.3) is 0 Å². The minimum atomic E-state index is -0.391. The highest BCUT2D eigenvalue weighted by atomic mass is 16.2. The van der Waals surface area contributed by atoms with E-state index in [-0.39, 0.29) is 5.91 Å². The summed E-state index contributed by atoms with van der Waals surface area (Å²) in [5, 5.41) is 3.01. The molecule has 1 aliphatic carbocycles. The zero-order valence-corrected chi connectivity index (χ0v) is 10.9. The van der Waals surface area contributed by atoms with Gasteiger partial charge in [-0.15, -0.1) is 0 Å². The number of nitrogens with one attached hydrogen (secondary N) is 1. The molecule has 1 rings (SSSR count). The van der Waals surface area contributed by atoms with Crippen LogP contribution < -0.4 is 11.1 Å². The van der Waals surface area contributed by atoms with E-state index in [4.69, 9.17) is 5.73 Å². The number of nitrogens with two attached hydrogens (primary N) is 1. The molecule has 0 saturated heterocycles. The fourth-order valence-electron chi connectivity index (χ4n) is 2.88. The number of amides is 1. The predicted molar refractivity (Wildman–Crippen MR) is 67.0 cm³/mol. The fraction of sp³-hybridized carbons (Fsp3) is 0.923. The summed E-state index contributed by atoms with van der Waals surface area (Å²) in [6.07, 6.45) is 6.34. The second-order valence-corrected chi connectivity index (χ2v) is 5.81. The Labute approximate surface area is 99.2 Å². The van der Waals surface area contributed by atoms with Gasteiger partial charge in [0.2, 0.25) is 5.91 Å². The van der Waals surface area contributed by atoms with Gasteiger partial charge in [0, 0.05) is 6.54 Å². The summed E-state index contributed by atoms with van der Waals surface area (Å²) in [4.78, 5) is 11.5. The Bertz CT molecular complexity index is 230. The van der Waals surface area contributed by atoms with E-state index >= 15 is 0 Å². The third kappa shape index (κ3) is 3.78.